The first-order valence-corrected chi connectivity index (χ1v) is 7.97. The average Bonchev–Trinajstić information content (AvgIpc) is 3.15. The van der Waals surface area contributed by atoms with Gasteiger partial charge in [0.2, 0.25) is 0 Å². The molecule has 1 aromatic heterocycles. The Hall–Kier alpha value is -1.92. The molecule has 1 aromatic carbocycles. The van der Waals surface area contributed by atoms with Gasteiger partial charge in [0, 0.05) is 13.2 Å². The number of ether oxygens (including phenoxy) is 1. The number of nitrogens with zero attached hydrogens (tertiary/aromatic N) is 2. The molecular formula is C17H24N4O2. The van der Waals surface area contributed by atoms with E-state index in [1.54, 1.807) is 6.07 Å². The third-order valence-corrected chi connectivity index (χ3v) is 4.87. The molecule has 3 rings (SSSR count). The monoisotopic (exact) mass is 316 g/mol. The molecular weight excluding hydrogens is 292 g/mol. The minimum absolute atomic E-state index is 0.281. The van der Waals surface area contributed by atoms with E-state index < -0.39 is 5.91 Å². The summed E-state index contributed by atoms with van der Waals surface area (Å²) >= 11 is 0. The number of imidazole rings is 1. The highest BCUT2D eigenvalue weighted by molar-refractivity contribution is 6.04. The van der Waals surface area contributed by atoms with Crippen LogP contribution in [0.3, 0.4) is 0 Å². The summed E-state index contributed by atoms with van der Waals surface area (Å²) in [6.45, 7) is 6.89. The highest BCUT2D eigenvalue weighted by Gasteiger charge is 2.32. The molecule has 1 amide bonds. The van der Waals surface area contributed by atoms with Gasteiger partial charge in [-0.25, -0.2) is 4.98 Å². The van der Waals surface area contributed by atoms with E-state index in [0.29, 0.717) is 17.0 Å². The second-order valence-corrected chi connectivity index (χ2v) is 6.82. The zero-order chi connectivity index (χ0) is 16.6. The van der Waals surface area contributed by atoms with Gasteiger partial charge in [-0.1, -0.05) is 6.07 Å². The van der Waals surface area contributed by atoms with Gasteiger partial charge in [-0.15, -0.1) is 0 Å². The van der Waals surface area contributed by atoms with Crippen LogP contribution in [0.25, 0.3) is 11.0 Å². The smallest absolute Gasteiger partial charge is 0.250 e. The van der Waals surface area contributed by atoms with Crippen LogP contribution in [0, 0.1) is 5.92 Å². The molecule has 3 N–H and O–H groups in total. The van der Waals surface area contributed by atoms with Crippen LogP contribution in [0.2, 0.25) is 0 Å². The van der Waals surface area contributed by atoms with Crippen LogP contribution in [0.5, 0.6) is 0 Å². The van der Waals surface area contributed by atoms with Crippen molar-refractivity contribution < 1.29 is 9.53 Å². The van der Waals surface area contributed by atoms with E-state index in [0.717, 1.165) is 37.5 Å². The van der Waals surface area contributed by atoms with Crippen LogP contribution < -0.4 is 5.73 Å². The molecule has 6 heteroatoms. The van der Waals surface area contributed by atoms with E-state index in [9.17, 15) is 4.79 Å². The van der Waals surface area contributed by atoms with Gasteiger partial charge in [-0.05, 0) is 45.4 Å². The lowest BCUT2D eigenvalue weighted by atomic mass is 9.99. The number of para-hydroxylation sites is 1. The summed E-state index contributed by atoms with van der Waals surface area (Å²) in [7, 11) is 2.10. The van der Waals surface area contributed by atoms with Gasteiger partial charge >= 0.3 is 0 Å². The van der Waals surface area contributed by atoms with Gasteiger partial charge in [0.1, 0.15) is 11.3 Å². The topological polar surface area (TPSA) is 84.2 Å². The van der Waals surface area contributed by atoms with E-state index in [1.165, 1.54) is 0 Å². The lowest BCUT2D eigenvalue weighted by Crippen LogP contribution is -2.42. The lowest BCUT2D eigenvalue weighted by Gasteiger charge is -2.35. The maximum absolute atomic E-state index is 11.6. The molecule has 23 heavy (non-hydrogen) atoms. The molecule has 1 fully saturated rings. The summed E-state index contributed by atoms with van der Waals surface area (Å²) in [5.74, 6) is 0.940. The van der Waals surface area contributed by atoms with Gasteiger partial charge < -0.3 is 15.5 Å². The Balaban J connectivity index is 1.91. The fraction of sp³-hybridized carbons (Fsp3) is 0.529. The first-order chi connectivity index (χ1) is 10.9. The summed E-state index contributed by atoms with van der Waals surface area (Å²) in [6.07, 6.45) is 1.10. The molecule has 0 bridgehead atoms. The second kappa shape index (κ2) is 5.94. The van der Waals surface area contributed by atoms with Gasteiger partial charge in [-0.2, -0.15) is 0 Å². The minimum Gasteiger partial charge on any atom is -0.381 e. The number of benzene rings is 1. The fourth-order valence-electron chi connectivity index (χ4n) is 3.04. The van der Waals surface area contributed by atoms with Crippen LogP contribution in [0.1, 0.15) is 36.5 Å². The predicted octanol–water partition coefficient (Wildman–Crippen LogP) is 1.87. The maximum atomic E-state index is 11.6. The van der Waals surface area contributed by atoms with Crippen molar-refractivity contribution in [3.05, 3.63) is 29.6 Å². The number of H-pyrrole nitrogens is 1. The number of hydrogen-bond donors (Lipinski definition) is 2. The van der Waals surface area contributed by atoms with Crippen molar-refractivity contribution >= 4 is 16.9 Å². The van der Waals surface area contributed by atoms with Crippen molar-refractivity contribution in [2.75, 3.05) is 26.8 Å². The molecule has 1 unspecified atom stereocenters. The number of nitrogens with one attached hydrogen (secondary N) is 1. The summed E-state index contributed by atoms with van der Waals surface area (Å²) < 4.78 is 5.46. The van der Waals surface area contributed by atoms with Crippen molar-refractivity contribution in [2.45, 2.75) is 25.8 Å². The van der Waals surface area contributed by atoms with Crippen molar-refractivity contribution in [1.82, 2.24) is 14.9 Å². The predicted molar refractivity (Wildman–Crippen MR) is 89.2 cm³/mol. The van der Waals surface area contributed by atoms with E-state index in [-0.39, 0.29) is 5.54 Å². The van der Waals surface area contributed by atoms with Crippen LogP contribution in [0.15, 0.2) is 18.2 Å². The number of rotatable bonds is 5. The standard InChI is InChI=1S/C17H24N4O2/c1-17(2,21(3)9-11-7-8-23-10-11)16-19-13-6-4-5-12(15(18)22)14(13)20-16/h4-6,11H,7-10H2,1-3H3,(H2,18,22)(H,19,20). The van der Waals surface area contributed by atoms with Crippen LogP contribution in [-0.4, -0.2) is 47.6 Å². The molecule has 0 spiro atoms. The van der Waals surface area contributed by atoms with Crippen LogP contribution in [-0.2, 0) is 10.3 Å². The minimum atomic E-state index is -0.456. The molecule has 1 saturated heterocycles. The molecule has 1 atom stereocenters. The van der Waals surface area contributed by atoms with Gasteiger partial charge in [0.15, 0.2) is 0 Å². The lowest BCUT2D eigenvalue weighted by molar-refractivity contribution is 0.100. The number of hydrogen-bond acceptors (Lipinski definition) is 4. The number of fused-ring (bicyclic) bond motifs is 1. The number of aromatic amines is 1. The largest absolute Gasteiger partial charge is 0.381 e. The van der Waals surface area contributed by atoms with Crippen molar-refractivity contribution in [3.8, 4) is 0 Å². The third kappa shape index (κ3) is 2.96. The Kier molecular flexibility index (Phi) is 4.12. The normalized spacial score (nSPS) is 18.9. The van der Waals surface area contributed by atoms with E-state index >= 15 is 0 Å². The number of amides is 1. The Morgan fingerprint density at radius 3 is 2.96 bits per heavy atom. The zero-order valence-corrected chi connectivity index (χ0v) is 13.9. The molecule has 0 radical (unpaired) electrons. The number of nitrogens with two attached hydrogens (primary N) is 1. The first-order valence-electron chi connectivity index (χ1n) is 7.97. The maximum Gasteiger partial charge on any atom is 0.250 e. The molecule has 0 saturated carbocycles. The number of carbonyl (C=O) groups excluding carboxylic acids is 1. The molecule has 124 valence electrons. The third-order valence-electron chi connectivity index (χ3n) is 4.87. The Bertz CT molecular complexity index is 716. The first kappa shape index (κ1) is 16.0. The van der Waals surface area contributed by atoms with Crippen molar-refractivity contribution in [2.24, 2.45) is 11.7 Å². The van der Waals surface area contributed by atoms with Gasteiger partial charge in [-0.3, -0.25) is 9.69 Å². The van der Waals surface area contributed by atoms with Gasteiger partial charge in [0.05, 0.1) is 23.2 Å². The number of aromatic nitrogens is 2. The van der Waals surface area contributed by atoms with Crippen molar-refractivity contribution in [1.29, 1.82) is 0 Å². The molecule has 1 aliphatic rings. The highest BCUT2D eigenvalue weighted by atomic mass is 16.5. The van der Waals surface area contributed by atoms with E-state index in [2.05, 4.69) is 35.8 Å². The summed E-state index contributed by atoms with van der Waals surface area (Å²) in [4.78, 5) is 21.9. The Morgan fingerprint density at radius 1 is 1.52 bits per heavy atom. The van der Waals surface area contributed by atoms with Gasteiger partial charge in [0.25, 0.3) is 5.91 Å². The average molecular weight is 316 g/mol. The van der Waals surface area contributed by atoms with Crippen LogP contribution in [0.4, 0.5) is 0 Å². The second-order valence-electron chi connectivity index (χ2n) is 6.82. The Labute approximate surface area is 136 Å². The molecule has 2 heterocycles. The van der Waals surface area contributed by atoms with E-state index in [4.69, 9.17) is 10.5 Å². The molecule has 0 aliphatic carbocycles. The Morgan fingerprint density at radius 2 is 2.30 bits per heavy atom. The molecule has 6 nitrogen and oxygen atoms in total. The number of primary amides is 1. The number of carbonyl (C=O) groups is 1. The summed E-state index contributed by atoms with van der Waals surface area (Å²) in [6, 6.07) is 5.44. The SMILES string of the molecule is CN(CC1CCOC1)C(C)(C)c1nc2c(C(N)=O)cccc2[nH]1. The van der Waals surface area contributed by atoms with Crippen molar-refractivity contribution in [3.63, 3.8) is 0 Å². The fourth-order valence-corrected chi connectivity index (χ4v) is 3.04. The summed E-state index contributed by atoms with van der Waals surface area (Å²) in [5, 5.41) is 0. The van der Waals surface area contributed by atoms with E-state index in [1.807, 2.05) is 12.1 Å². The van der Waals surface area contributed by atoms with Crippen LogP contribution >= 0.6 is 0 Å². The highest BCUT2D eigenvalue weighted by Crippen LogP contribution is 2.29. The zero-order valence-electron chi connectivity index (χ0n) is 13.9. The molecule has 2 aromatic rings. The molecule has 1 aliphatic heterocycles. The quantitative estimate of drug-likeness (QED) is 0.882. The summed E-state index contributed by atoms with van der Waals surface area (Å²) in [5.41, 5.74) is 7.09.